The van der Waals surface area contributed by atoms with Crippen molar-refractivity contribution < 1.29 is 43.6 Å². The minimum Gasteiger partial charge on any atom is -0.412 e. The molecule has 0 saturated carbocycles. The summed E-state index contributed by atoms with van der Waals surface area (Å²) in [6.45, 7) is 0. The van der Waals surface area contributed by atoms with Crippen LogP contribution in [-0.4, -0.2) is 26.2 Å². The van der Waals surface area contributed by atoms with Crippen molar-refractivity contribution in [2.24, 2.45) is 0 Å². The fourth-order valence-electron chi connectivity index (χ4n) is 0. The molecule has 0 bridgehead atoms. The largest absolute Gasteiger partial charge is 3.00 e. The van der Waals surface area contributed by atoms with Gasteiger partial charge in [0.1, 0.15) is 0 Å². The smallest absolute Gasteiger partial charge is 0.412 e. The van der Waals surface area contributed by atoms with Gasteiger partial charge in [-0.1, -0.05) is 0 Å². The van der Waals surface area contributed by atoms with Crippen LogP contribution in [0, 0.1) is 46.0 Å². The van der Waals surface area contributed by atoms with E-state index in [0.29, 0.717) is 0 Å². The molecule has 15 heavy (non-hydrogen) atoms. The van der Waals surface area contributed by atoms with Crippen molar-refractivity contribution in [3.05, 3.63) is 46.0 Å². The average molecular weight is 274 g/mol. The Balaban J connectivity index is -0.0000000184. The van der Waals surface area contributed by atoms with Crippen molar-refractivity contribution in [1.82, 2.24) is 0 Å². The zero-order chi connectivity index (χ0) is 10.7. The molecule has 0 unspecified atom stereocenters. The van der Waals surface area contributed by atoms with Crippen LogP contribution in [0.4, 0.5) is 0 Å². The second-order valence-corrected chi connectivity index (χ2v) is 0.671. The molecule has 15 heteroatoms. The Labute approximate surface area is 90.4 Å². The summed E-state index contributed by atoms with van der Waals surface area (Å²) in [5, 5.41) is 44.2. The van der Waals surface area contributed by atoms with Gasteiger partial charge in [-0.2, -0.15) is 0 Å². The van der Waals surface area contributed by atoms with Gasteiger partial charge in [0.25, 0.3) is 0 Å². The molecule has 0 aromatic heterocycles. The molecule has 0 saturated heterocycles. The van der Waals surface area contributed by atoms with Gasteiger partial charge < -0.3 is 56.9 Å². The molecule has 14 nitrogen and oxygen atoms in total. The monoisotopic (exact) mass is 274 g/mol. The van der Waals surface area contributed by atoms with Crippen LogP contribution in [0.1, 0.15) is 0 Å². The van der Waals surface area contributed by atoms with Crippen LogP contribution in [0.5, 0.6) is 0 Å². The van der Waals surface area contributed by atoms with E-state index in [9.17, 15) is 0 Å². The molecule has 0 heterocycles. The van der Waals surface area contributed by atoms with Crippen LogP contribution < -0.4 is 0 Å². The predicted octanol–water partition coefficient (Wildman–Crippen LogP) is -2.37. The second-order valence-electron chi connectivity index (χ2n) is 0.671. The van der Waals surface area contributed by atoms with Crippen LogP contribution in [-0.2, 0) is 17.4 Å². The molecular weight excluding hydrogens is 270 g/mol. The zero-order valence-corrected chi connectivity index (χ0v) is 7.70. The van der Waals surface area contributed by atoms with Crippen molar-refractivity contribution in [2.45, 2.75) is 0 Å². The van der Waals surface area contributed by atoms with Gasteiger partial charge in [-0.15, -0.1) is 0 Å². The van der Waals surface area contributed by atoms with Gasteiger partial charge in [0, 0.05) is 0 Å². The van der Waals surface area contributed by atoms with Gasteiger partial charge in [0.05, 0.1) is 15.3 Å². The maximum atomic E-state index is 8.25. The molecule has 0 spiro atoms. The standard InChI is InChI=1S/Cr.3NO3.2H2O/c;3*2-1(3)4;;/h;;;;2*1H2/q+3;3*-1;;. The normalized spacial score (nSPS) is 4.80. The van der Waals surface area contributed by atoms with Crippen LogP contribution >= 0.6 is 0 Å². The first-order valence-corrected chi connectivity index (χ1v) is 1.64. The van der Waals surface area contributed by atoms with Crippen molar-refractivity contribution in [1.29, 1.82) is 0 Å². The quantitative estimate of drug-likeness (QED) is 0.336. The van der Waals surface area contributed by atoms with Gasteiger partial charge in [0.2, 0.25) is 0 Å². The average Bonchev–Trinajstić information content (AvgIpc) is 1.54. The van der Waals surface area contributed by atoms with E-state index in [4.69, 9.17) is 46.0 Å². The third-order valence-electron chi connectivity index (χ3n) is 0. The molecule has 0 aliphatic carbocycles. The number of hydrogen-bond acceptors (Lipinski definition) is 9. The molecule has 0 aromatic rings. The maximum Gasteiger partial charge on any atom is 3.00 e. The first-order chi connectivity index (χ1) is 5.20. The summed E-state index contributed by atoms with van der Waals surface area (Å²) >= 11 is 0. The van der Waals surface area contributed by atoms with Crippen molar-refractivity contribution in [2.75, 3.05) is 0 Å². The summed E-state index contributed by atoms with van der Waals surface area (Å²) in [5.74, 6) is 0. The van der Waals surface area contributed by atoms with Gasteiger partial charge >= 0.3 is 17.4 Å². The fourth-order valence-corrected chi connectivity index (χ4v) is 0. The van der Waals surface area contributed by atoms with E-state index in [-0.39, 0.29) is 28.3 Å². The summed E-state index contributed by atoms with van der Waals surface area (Å²) in [7, 11) is 0. The van der Waals surface area contributed by atoms with Gasteiger partial charge in [-0.3, -0.25) is 0 Å². The maximum absolute atomic E-state index is 8.25. The molecule has 0 aromatic carbocycles. The van der Waals surface area contributed by atoms with Crippen LogP contribution in [0.3, 0.4) is 0 Å². The molecule has 0 fully saturated rings. The Morgan fingerprint density at radius 3 is 0.533 bits per heavy atom. The Morgan fingerprint density at radius 1 is 0.533 bits per heavy atom. The van der Waals surface area contributed by atoms with E-state index in [0.717, 1.165) is 0 Å². The molecule has 1 radical (unpaired) electrons. The molecule has 4 N–H and O–H groups in total. The van der Waals surface area contributed by atoms with Crippen molar-refractivity contribution in [3.8, 4) is 0 Å². The van der Waals surface area contributed by atoms with Crippen LogP contribution in [0.2, 0.25) is 0 Å². The molecule has 0 amide bonds. The van der Waals surface area contributed by atoms with Gasteiger partial charge in [-0.25, -0.2) is 0 Å². The minimum atomic E-state index is -1.75. The van der Waals surface area contributed by atoms with Gasteiger partial charge in [0.15, 0.2) is 0 Å². The topological polar surface area (TPSA) is 262 Å². The summed E-state index contributed by atoms with van der Waals surface area (Å²) in [4.78, 5) is 24.8. The van der Waals surface area contributed by atoms with E-state index >= 15 is 0 Å². The Kier molecular flexibility index (Phi) is 75.2. The van der Waals surface area contributed by atoms with E-state index in [1.165, 1.54) is 0 Å². The van der Waals surface area contributed by atoms with Crippen LogP contribution in [0.25, 0.3) is 0 Å². The summed E-state index contributed by atoms with van der Waals surface area (Å²) in [6.07, 6.45) is 0. The first-order valence-electron chi connectivity index (χ1n) is 1.64. The first kappa shape index (κ1) is 38.1. The Hall–Kier alpha value is -1.95. The van der Waals surface area contributed by atoms with Crippen molar-refractivity contribution >= 4 is 0 Å². The molecule has 0 aliphatic heterocycles. The van der Waals surface area contributed by atoms with Gasteiger partial charge in [-0.05, 0) is 0 Å². The van der Waals surface area contributed by atoms with E-state index in [1.807, 2.05) is 0 Å². The fraction of sp³-hybridized carbons (Fsp3) is 0. The van der Waals surface area contributed by atoms with Crippen LogP contribution in [0.15, 0.2) is 0 Å². The molecular formula is H4CrN3O11. The number of hydrogen-bond donors (Lipinski definition) is 0. The summed E-state index contributed by atoms with van der Waals surface area (Å²) < 4.78 is 0. The summed E-state index contributed by atoms with van der Waals surface area (Å²) in [5.41, 5.74) is 0. The predicted molar refractivity (Wildman–Crippen MR) is 38.3 cm³/mol. The van der Waals surface area contributed by atoms with Crippen molar-refractivity contribution in [3.63, 3.8) is 0 Å². The zero-order valence-electron chi connectivity index (χ0n) is 6.42. The third-order valence-corrected chi connectivity index (χ3v) is 0. The SMILES string of the molecule is O.O.O=[N+]([O-])[O-].O=[N+]([O-])[O-].O=[N+]([O-])[O-].[Cr+3]. The molecule has 0 rings (SSSR count). The molecule has 91 valence electrons. The van der Waals surface area contributed by atoms with E-state index in [2.05, 4.69) is 0 Å². The Bertz CT molecular complexity index is 113. The second kappa shape index (κ2) is 29.6. The number of rotatable bonds is 0. The van der Waals surface area contributed by atoms with E-state index in [1.54, 1.807) is 0 Å². The Morgan fingerprint density at radius 2 is 0.533 bits per heavy atom. The molecule has 0 atom stereocenters. The number of nitrogens with zero attached hydrogens (tertiary/aromatic N) is 3. The summed E-state index contributed by atoms with van der Waals surface area (Å²) in [6, 6.07) is 0. The third kappa shape index (κ3) is 321. The minimum absolute atomic E-state index is 0. The van der Waals surface area contributed by atoms with E-state index < -0.39 is 15.3 Å². The molecule has 0 aliphatic rings.